The first-order valence-corrected chi connectivity index (χ1v) is 7.96. The number of nitrogens with zero attached hydrogens (tertiary/aromatic N) is 3. The fourth-order valence-electron chi connectivity index (χ4n) is 2.97. The minimum Gasteiger partial charge on any atom is -0.356 e. The lowest BCUT2D eigenvalue weighted by molar-refractivity contribution is 0.642. The van der Waals surface area contributed by atoms with Gasteiger partial charge >= 0.3 is 0 Å². The highest BCUT2D eigenvalue weighted by Gasteiger charge is 2.27. The molecule has 104 valence electrons. The van der Waals surface area contributed by atoms with Gasteiger partial charge in [0.15, 0.2) is 0 Å². The highest BCUT2D eigenvalue weighted by molar-refractivity contribution is 6.28. The van der Waals surface area contributed by atoms with Gasteiger partial charge in [-0.2, -0.15) is 0 Å². The van der Waals surface area contributed by atoms with Gasteiger partial charge in [-0.25, -0.2) is 9.97 Å². The van der Waals surface area contributed by atoms with Crippen molar-refractivity contribution in [2.24, 2.45) is 5.92 Å². The molecule has 0 radical (unpaired) electrons. The Kier molecular flexibility index (Phi) is 3.92. The Balaban J connectivity index is 1.93. The SMILES string of the molecule is CCCN(CC1CC1)c1nc(Cl)nc2c1CCCC2. The third kappa shape index (κ3) is 3.02. The summed E-state index contributed by atoms with van der Waals surface area (Å²) in [6, 6.07) is 0. The zero-order chi connectivity index (χ0) is 13.2. The molecule has 19 heavy (non-hydrogen) atoms. The Morgan fingerprint density at radius 2 is 2.00 bits per heavy atom. The molecule has 1 aromatic heterocycles. The summed E-state index contributed by atoms with van der Waals surface area (Å²) in [6.45, 7) is 4.46. The van der Waals surface area contributed by atoms with Crippen molar-refractivity contribution >= 4 is 17.4 Å². The summed E-state index contributed by atoms with van der Waals surface area (Å²) < 4.78 is 0. The molecular formula is C15H22ClN3. The van der Waals surface area contributed by atoms with E-state index >= 15 is 0 Å². The van der Waals surface area contributed by atoms with Crippen LogP contribution in [0.4, 0.5) is 5.82 Å². The molecule has 2 aliphatic rings. The van der Waals surface area contributed by atoms with Crippen LogP contribution in [0.1, 0.15) is 50.3 Å². The van der Waals surface area contributed by atoms with Crippen molar-refractivity contribution in [1.29, 1.82) is 0 Å². The van der Waals surface area contributed by atoms with Crippen LogP contribution in [0.25, 0.3) is 0 Å². The second kappa shape index (κ2) is 5.66. The maximum absolute atomic E-state index is 6.13. The number of halogens is 1. The Morgan fingerprint density at radius 1 is 1.21 bits per heavy atom. The lowest BCUT2D eigenvalue weighted by Gasteiger charge is -2.28. The molecule has 0 aromatic carbocycles. The van der Waals surface area contributed by atoms with Gasteiger partial charge in [-0.15, -0.1) is 0 Å². The largest absolute Gasteiger partial charge is 0.356 e. The van der Waals surface area contributed by atoms with Crippen LogP contribution in [0.2, 0.25) is 5.28 Å². The highest BCUT2D eigenvalue weighted by atomic mass is 35.5. The van der Waals surface area contributed by atoms with E-state index in [0.29, 0.717) is 5.28 Å². The summed E-state index contributed by atoms with van der Waals surface area (Å²) in [7, 11) is 0. The van der Waals surface area contributed by atoms with Crippen LogP contribution in [-0.2, 0) is 12.8 Å². The van der Waals surface area contributed by atoms with E-state index in [-0.39, 0.29) is 0 Å². The van der Waals surface area contributed by atoms with Gasteiger partial charge < -0.3 is 4.90 Å². The van der Waals surface area contributed by atoms with E-state index in [1.165, 1.54) is 36.9 Å². The zero-order valence-corrected chi connectivity index (χ0v) is 12.4. The summed E-state index contributed by atoms with van der Waals surface area (Å²) in [5, 5.41) is 0.424. The fraction of sp³-hybridized carbons (Fsp3) is 0.733. The van der Waals surface area contributed by atoms with Gasteiger partial charge in [-0.1, -0.05) is 6.92 Å². The van der Waals surface area contributed by atoms with Crippen LogP contribution in [0.5, 0.6) is 0 Å². The minimum absolute atomic E-state index is 0.424. The van der Waals surface area contributed by atoms with E-state index in [0.717, 1.165) is 44.1 Å². The summed E-state index contributed by atoms with van der Waals surface area (Å²) in [4.78, 5) is 11.5. The van der Waals surface area contributed by atoms with Gasteiger partial charge in [-0.3, -0.25) is 0 Å². The van der Waals surface area contributed by atoms with Crippen LogP contribution in [0, 0.1) is 5.92 Å². The summed E-state index contributed by atoms with van der Waals surface area (Å²) in [5.74, 6) is 2.00. The first-order chi connectivity index (χ1) is 9.28. The quantitative estimate of drug-likeness (QED) is 0.771. The second-order valence-corrected chi connectivity index (χ2v) is 6.18. The average molecular weight is 280 g/mol. The van der Waals surface area contributed by atoms with Crippen LogP contribution < -0.4 is 4.90 Å². The van der Waals surface area contributed by atoms with Crippen molar-refractivity contribution in [1.82, 2.24) is 9.97 Å². The molecule has 1 saturated carbocycles. The molecule has 3 rings (SSSR count). The standard InChI is InChI=1S/C15H22ClN3/c1-2-9-19(10-11-7-8-11)14-12-5-3-4-6-13(12)17-15(16)18-14/h11H,2-10H2,1H3. The molecule has 0 N–H and O–H groups in total. The van der Waals surface area contributed by atoms with E-state index in [9.17, 15) is 0 Å². The predicted molar refractivity (Wildman–Crippen MR) is 78.9 cm³/mol. The summed E-state index contributed by atoms with van der Waals surface area (Å²) in [6.07, 6.45) is 8.58. The molecule has 1 aromatic rings. The minimum atomic E-state index is 0.424. The fourth-order valence-corrected chi connectivity index (χ4v) is 3.15. The zero-order valence-electron chi connectivity index (χ0n) is 11.7. The molecule has 2 aliphatic carbocycles. The second-order valence-electron chi connectivity index (χ2n) is 5.84. The molecule has 0 aliphatic heterocycles. The van der Waals surface area contributed by atoms with Crippen molar-refractivity contribution in [2.75, 3.05) is 18.0 Å². The number of fused-ring (bicyclic) bond motifs is 1. The Hall–Kier alpha value is -0.830. The number of aryl methyl sites for hydroxylation is 1. The normalized spacial score (nSPS) is 18.2. The Labute approximate surface area is 120 Å². The van der Waals surface area contributed by atoms with Crippen molar-refractivity contribution in [3.8, 4) is 0 Å². The lowest BCUT2D eigenvalue weighted by atomic mass is 9.96. The molecule has 4 heteroatoms. The van der Waals surface area contributed by atoms with Crippen LogP contribution in [-0.4, -0.2) is 23.1 Å². The van der Waals surface area contributed by atoms with Crippen molar-refractivity contribution in [3.63, 3.8) is 0 Å². The molecule has 0 bridgehead atoms. The van der Waals surface area contributed by atoms with Gasteiger partial charge in [0.2, 0.25) is 5.28 Å². The first kappa shape index (κ1) is 13.2. The molecule has 0 unspecified atom stereocenters. The van der Waals surface area contributed by atoms with E-state index in [1.54, 1.807) is 0 Å². The molecule has 3 nitrogen and oxygen atoms in total. The summed E-state index contributed by atoms with van der Waals surface area (Å²) >= 11 is 6.13. The lowest BCUT2D eigenvalue weighted by Crippen LogP contribution is -2.30. The van der Waals surface area contributed by atoms with E-state index in [1.807, 2.05) is 0 Å². The van der Waals surface area contributed by atoms with Crippen molar-refractivity contribution in [2.45, 2.75) is 51.9 Å². The molecule has 1 fully saturated rings. The Bertz CT molecular complexity index is 457. The smallest absolute Gasteiger partial charge is 0.224 e. The molecule has 0 saturated heterocycles. The summed E-state index contributed by atoms with van der Waals surface area (Å²) in [5.41, 5.74) is 2.56. The van der Waals surface area contributed by atoms with Gasteiger partial charge in [0.25, 0.3) is 0 Å². The van der Waals surface area contributed by atoms with Gasteiger partial charge in [0.1, 0.15) is 5.82 Å². The number of rotatable bonds is 5. The molecular weight excluding hydrogens is 258 g/mol. The van der Waals surface area contributed by atoms with E-state index < -0.39 is 0 Å². The maximum atomic E-state index is 6.13. The van der Waals surface area contributed by atoms with Crippen molar-refractivity contribution in [3.05, 3.63) is 16.5 Å². The van der Waals surface area contributed by atoms with Gasteiger partial charge in [0, 0.05) is 18.7 Å². The third-order valence-corrected chi connectivity index (χ3v) is 4.27. The molecule has 1 heterocycles. The van der Waals surface area contributed by atoms with Gasteiger partial charge in [-0.05, 0) is 62.5 Å². The van der Waals surface area contributed by atoms with Crippen molar-refractivity contribution < 1.29 is 0 Å². The van der Waals surface area contributed by atoms with E-state index in [4.69, 9.17) is 11.6 Å². The topological polar surface area (TPSA) is 29.0 Å². The number of aromatic nitrogens is 2. The molecule has 0 atom stereocenters. The van der Waals surface area contributed by atoms with E-state index in [2.05, 4.69) is 21.8 Å². The number of hydrogen-bond acceptors (Lipinski definition) is 3. The van der Waals surface area contributed by atoms with Crippen LogP contribution >= 0.6 is 11.6 Å². The average Bonchev–Trinajstić information content (AvgIpc) is 3.21. The predicted octanol–water partition coefficient (Wildman–Crippen LogP) is 3.64. The van der Waals surface area contributed by atoms with Gasteiger partial charge in [0.05, 0.1) is 5.69 Å². The van der Waals surface area contributed by atoms with Crippen LogP contribution in [0.15, 0.2) is 0 Å². The molecule has 0 amide bonds. The highest BCUT2D eigenvalue weighted by Crippen LogP contribution is 2.34. The maximum Gasteiger partial charge on any atom is 0.224 e. The monoisotopic (exact) mass is 279 g/mol. The number of anilines is 1. The van der Waals surface area contributed by atoms with Crippen LogP contribution in [0.3, 0.4) is 0 Å². The first-order valence-electron chi connectivity index (χ1n) is 7.58. The third-order valence-electron chi connectivity index (χ3n) is 4.10. The molecule has 0 spiro atoms. The Morgan fingerprint density at radius 3 is 2.74 bits per heavy atom. The number of hydrogen-bond donors (Lipinski definition) is 0.